The van der Waals surface area contributed by atoms with E-state index in [1.54, 1.807) is 17.7 Å². The molecule has 0 aliphatic heterocycles. The molecule has 3 rings (SSSR count). The lowest BCUT2D eigenvalue weighted by Crippen LogP contribution is -2.16. The van der Waals surface area contributed by atoms with Gasteiger partial charge in [0, 0.05) is 9.50 Å². The van der Waals surface area contributed by atoms with Crippen LogP contribution in [0.15, 0.2) is 46.9 Å². The summed E-state index contributed by atoms with van der Waals surface area (Å²) in [5.41, 5.74) is 2.68. The zero-order chi connectivity index (χ0) is 21.1. The fourth-order valence-electron chi connectivity index (χ4n) is 2.88. The van der Waals surface area contributed by atoms with E-state index in [1.807, 2.05) is 25.1 Å². The molecule has 2 aromatic carbocycles. The number of hydrogen-bond acceptors (Lipinski definition) is 3. The highest BCUT2D eigenvalue weighted by atomic mass is 79.9. The fourth-order valence-corrected chi connectivity index (χ4v) is 3.44. The van der Waals surface area contributed by atoms with Crippen LogP contribution in [0.1, 0.15) is 27.3 Å². The topological polar surface area (TPSA) is 56.2 Å². The standard InChI is InChI=1S/C20H17BrClF2N3O2/c1-11-18(12(2)27(26-11)10-13-5-3-4-6-16(13)22)25-19(28)15-9-14(21)7-8-17(15)29-20(23)24/h3-9,20H,10H2,1-2H3,(H,25,28). The predicted molar refractivity (Wildman–Crippen MR) is 111 cm³/mol. The number of alkyl halides is 2. The number of ether oxygens (including phenoxy) is 1. The smallest absolute Gasteiger partial charge is 0.387 e. The van der Waals surface area contributed by atoms with Crippen molar-refractivity contribution in [3.63, 3.8) is 0 Å². The van der Waals surface area contributed by atoms with E-state index in [9.17, 15) is 13.6 Å². The zero-order valence-corrected chi connectivity index (χ0v) is 17.9. The molecule has 1 N–H and O–H groups in total. The molecule has 152 valence electrons. The molecule has 5 nitrogen and oxygen atoms in total. The first-order chi connectivity index (χ1) is 13.8. The number of nitrogens with one attached hydrogen (secondary N) is 1. The SMILES string of the molecule is Cc1nn(Cc2ccccc2Cl)c(C)c1NC(=O)c1cc(Br)ccc1OC(F)F. The molecule has 0 aliphatic rings. The first-order valence-electron chi connectivity index (χ1n) is 8.59. The van der Waals surface area contributed by atoms with Crippen LogP contribution in [0.4, 0.5) is 14.5 Å². The molecule has 1 heterocycles. The Morgan fingerprint density at radius 3 is 2.69 bits per heavy atom. The van der Waals surface area contributed by atoms with Crippen molar-refractivity contribution in [2.45, 2.75) is 27.0 Å². The second-order valence-electron chi connectivity index (χ2n) is 6.27. The molecule has 0 fully saturated rings. The molecule has 0 bridgehead atoms. The minimum absolute atomic E-state index is 0.0164. The summed E-state index contributed by atoms with van der Waals surface area (Å²) in [5, 5.41) is 7.84. The lowest BCUT2D eigenvalue weighted by molar-refractivity contribution is -0.0501. The number of anilines is 1. The van der Waals surface area contributed by atoms with Crippen molar-refractivity contribution in [2.24, 2.45) is 0 Å². The van der Waals surface area contributed by atoms with Crippen LogP contribution in [-0.4, -0.2) is 22.3 Å². The number of aromatic nitrogens is 2. The monoisotopic (exact) mass is 483 g/mol. The predicted octanol–water partition coefficient (Wildman–Crippen LogP) is 5.82. The maximum Gasteiger partial charge on any atom is 0.387 e. The molecule has 0 atom stereocenters. The van der Waals surface area contributed by atoms with Crippen LogP contribution in [-0.2, 0) is 6.54 Å². The van der Waals surface area contributed by atoms with Crippen LogP contribution >= 0.6 is 27.5 Å². The Labute approximate surface area is 179 Å². The van der Waals surface area contributed by atoms with Gasteiger partial charge in [0.2, 0.25) is 0 Å². The Morgan fingerprint density at radius 2 is 2.00 bits per heavy atom. The maximum absolute atomic E-state index is 12.8. The van der Waals surface area contributed by atoms with Gasteiger partial charge < -0.3 is 10.1 Å². The Bertz CT molecular complexity index is 1060. The summed E-state index contributed by atoms with van der Waals surface area (Å²) < 4.78 is 32.1. The van der Waals surface area contributed by atoms with Gasteiger partial charge in [0.15, 0.2) is 0 Å². The molecular formula is C20H17BrClF2N3O2. The number of nitrogens with zero attached hydrogens (tertiary/aromatic N) is 2. The Balaban J connectivity index is 1.88. The highest BCUT2D eigenvalue weighted by Crippen LogP contribution is 2.28. The third kappa shape index (κ3) is 4.94. The summed E-state index contributed by atoms with van der Waals surface area (Å²) in [6.45, 7) is 0.955. The van der Waals surface area contributed by atoms with Crippen LogP contribution in [0.2, 0.25) is 5.02 Å². The van der Waals surface area contributed by atoms with Crippen molar-refractivity contribution in [1.82, 2.24) is 9.78 Å². The van der Waals surface area contributed by atoms with E-state index in [1.165, 1.54) is 18.2 Å². The molecule has 1 amide bonds. The van der Waals surface area contributed by atoms with Crippen molar-refractivity contribution in [3.05, 3.63) is 74.5 Å². The van der Waals surface area contributed by atoms with Crippen LogP contribution in [0, 0.1) is 13.8 Å². The second kappa shape index (κ2) is 8.92. The molecule has 29 heavy (non-hydrogen) atoms. The average Bonchev–Trinajstić information content (AvgIpc) is 2.92. The average molecular weight is 485 g/mol. The summed E-state index contributed by atoms with van der Waals surface area (Å²) in [7, 11) is 0. The highest BCUT2D eigenvalue weighted by molar-refractivity contribution is 9.10. The van der Waals surface area contributed by atoms with Crippen LogP contribution in [0.3, 0.4) is 0 Å². The summed E-state index contributed by atoms with van der Waals surface area (Å²) in [6.07, 6.45) is 0. The van der Waals surface area contributed by atoms with E-state index in [0.717, 1.165) is 5.56 Å². The summed E-state index contributed by atoms with van der Waals surface area (Å²) in [5.74, 6) is -0.787. The molecule has 0 aliphatic carbocycles. The molecule has 0 saturated heterocycles. The molecule has 0 spiro atoms. The Hall–Kier alpha value is -2.45. The molecule has 9 heteroatoms. The van der Waals surface area contributed by atoms with E-state index in [4.69, 9.17) is 11.6 Å². The summed E-state index contributed by atoms with van der Waals surface area (Å²) in [4.78, 5) is 12.8. The Kier molecular flexibility index (Phi) is 6.54. The quantitative estimate of drug-likeness (QED) is 0.480. The van der Waals surface area contributed by atoms with Gasteiger partial charge in [-0.15, -0.1) is 0 Å². The molecule has 0 radical (unpaired) electrons. The number of hydrogen-bond donors (Lipinski definition) is 1. The largest absolute Gasteiger partial charge is 0.434 e. The maximum atomic E-state index is 12.8. The number of carbonyl (C=O) groups is 1. The minimum Gasteiger partial charge on any atom is -0.434 e. The lowest BCUT2D eigenvalue weighted by Gasteiger charge is -2.12. The molecule has 0 unspecified atom stereocenters. The van der Waals surface area contributed by atoms with Gasteiger partial charge in [-0.1, -0.05) is 45.7 Å². The third-order valence-corrected chi connectivity index (χ3v) is 5.16. The van der Waals surface area contributed by atoms with Gasteiger partial charge in [-0.2, -0.15) is 13.9 Å². The number of halogens is 4. The van der Waals surface area contributed by atoms with Gasteiger partial charge >= 0.3 is 6.61 Å². The lowest BCUT2D eigenvalue weighted by atomic mass is 10.1. The first-order valence-corrected chi connectivity index (χ1v) is 9.76. The van der Waals surface area contributed by atoms with Gasteiger partial charge in [0.1, 0.15) is 5.75 Å². The minimum atomic E-state index is -3.04. The second-order valence-corrected chi connectivity index (χ2v) is 7.59. The molecule has 3 aromatic rings. The van der Waals surface area contributed by atoms with Gasteiger partial charge in [0.05, 0.1) is 29.2 Å². The zero-order valence-electron chi connectivity index (χ0n) is 15.5. The van der Waals surface area contributed by atoms with Crippen LogP contribution in [0.5, 0.6) is 5.75 Å². The van der Waals surface area contributed by atoms with E-state index < -0.39 is 12.5 Å². The van der Waals surface area contributed by atoms with Crippen molar-refractivity contribution < 1.29 is 18.3 Å². The molecule has 1 aromatic heterocycles. The van der Waals surface area contributed by atoms with Gasteiger partial charge in [-0.3, -0.25) is 9.48 Å². The van der Waals surface area contributed by atoms with E-state index in [2.05, 4.69) is 31.1 Å². The fraction of sp³-hybridized carbons (Fsp3) is 0.200. The first kappa shape index (κ1) is 21.3. The third-order valence-electron chi connectivity index (χ3n) is 4.30. The summed E-state index contributed by atoms with van der Waals surface area (Å²) >= 11 is 9.46. The van der Waals surface area contributed by atoms with Gasteiger partial charge in [-0.05, 0) is 43.7 Å². The Morgan fingerprint density at radius 1 is 1.28 bits per heavy atom. The normalized spacial score (nSPS) is 11.0. The van der Waals surface area contributed by atoms with E-state index >= 15 is 0 Å². The van der Waals surface area contributed by atoms with Crippen LogP contribution in [0.25, 0.3) is 0 Å². The van der Waals surface area contributed by atoms with Gasteiger partial charge in [0.25, 0.3) is 5.91 Å². The van der Waals surface area contributed by atoms with Crippen molar-refractivity contribution in [2.75, 3.05) is 5.32 Å². The summed E-state index contributed by atoms with van der Waals surface area (Å²) in [6, 6.07) is 11.7. The highest BCUT2D eigenvalue weighted by Gasteiger charge is 2.20. The number of rotatable bonds is 6. The molecule has 0 saturated carbocycles. The van der Waals surface area contributed by atoms with Crippen molar-refractivity contribution >= 4 is 39.1 Å². The van der Waals surface area contributed by atoms with E-state index in [0.29, 0.717) is 33.1 Å². The number of aryl methyl sites for hydroxylation is 1. The van der Waals surface area contributed by atoms with Crippen molar-refractivity contribution in [1.29, 1.82) is 0 Å². The number of benzene rings is 2. The van der Waals surface area contributed by atoms with E-state index in [-0.39, 0.29) is 11.3 Å². The van der Waals surface area contributed by atoms with Crippen LogP contribution < -0.4 is 10.1 Å². The molecular weight excluding hydrogens is 468 g/mol. The number of carbonyl (C=O) groups excluding carboxylic acids is 1. The van der Waals surface area contributed by atoms with Crippen molar-refractivity contribution in [3.8, 4) is 5.75 Å². The van der Waals surface area contributed by atoms with Gasteiger partial charge in [-0.25, -0.2) is 0 Å². The number of amides is 1.